The first-order valence-electron chi connectivity index (χ1n) is 44.6. The van der Waals surface area contributed by atoms with Gasteiger partial charge in [0, 0.05) is 108 Å². The van der Waals surface area contributed by atoms with Gasteiger partial charge in [-0.1, -0.05) is 88.4 Å². The number of nitrogens with one attached hydrogen (secondary N) is 11. The average Bonchev–Trinajstić information content (AvgIpc) is 0.789. The molecule has 0 aliphatic heterocycles. The lowest BCUT2D eigenvalue weighted by atomic mass is 10.1. The van der Waals surface area contributed by atoms with Crippen molar-refractivity contribution in [2.24, 2.45) is 11.8 Å². The first-order chi connectivity index (χ1) is 67.2. The minimum atomic E-state index is -4.39. The van der Waals surface area contributed by atoms with Crippen LogP contribution in [0.5, 0.6) is 0 Å². The summed E-state index contributed by atoms with van der Waals surface area (Å²) in [7, 11) is 3.94. The molecular formula is C105H102F12N24. The minimum absolute atomic E-state index is 0.268. The van der Waals surface area contributed by atoms with Gasteiger partial charge < -0.3 is 63.4 Å². The van der Waals surface area contributed by atoms with Gasteiger partial charge in [0.05, 0.1) is 154 Å². The van der Waals surface area contributed by atoms with Crippen molar-refractivity contribution in [2.45, 2.75) is 100.0 Å². The highest BCUT2D eigenvalue weighted by molar-refractivity contribution is 5.95. The van der Waals surface area contributed by atoms with Gasteiger partial charge in [-0.25, -0.2) is 39.9 Å². The van der Waals surface area contributed by atoms with Gasteiger partial charge in [0.2, 0.25) is 23.8 Å². The number of rotatable bonds is 29. The van der Waals surface area contributed by atoms with Crippen molar-refractivity contribution in [2.75, 3.05) is 90.6 Å². The van der Waals surface area contributed by atoms with Crippen LogP contribution in [0.1, 0.15) is 109 Å². The van der Waals surface area contributed by atoms with Crippen molar-refractivity contribution in [3.8, 4) is 0 Å². The van der Waals surface area contributed by atoms with E-state index in [1.807, 2.05) is 119 Å². The fourth-order valence-corrected chi connectivity index (χ4v) is 14.0. The molecule has 8 heterocycles. The van der Waals surface area contributed by atoms with Gasteiger partial charge >= 0.3 is 24.7 Å². The molecule has 36 heteroatoms. The van der Waals surface area contributed by atoms with Gasteiger partial charge in [-0.05, 0) is 235 Å². The third-order valence-corrected chi connectivity index (χ3v) is 20.9. The van der Waals surface area contributed by atoms with E-state index in [0.29, 0.717) is 104 Å². The van der Waals surface area contributed by atoms with Crippen LogP contribution in [0, 0.1) is 39.5 Å². The Morgan fingerprint density at radius 2 is 0.603 bits per heavy atom. The lowest BCUT2D eigenvalue weighted by Gasteiger charge is -2.15. The second kappa shape index (κ2) is 46.1. The van der Waals surface area contributed by atoms with E-state index in [1.165, 1.54) is 24.3 Å². The van der Waals surface area contributed by atoms with Crippen LogP contribution in [-0.4, -0.2) is 93.0 Å². The Labute approximate surface area is 806 Å². The summed E-state index contributed by atoms with van der Waals surface area (Å²) in [6, 6.07) is 58.4. The van der Waals surface area contributed by atoms with Crippen LogP contribution in [0.2, 0.25) is 0 Å². The molecule has 0 amide bonds. The van der Waals surface area contributed by atoms with Gasteiger partial charge in [-0.2, -0.15) is 52.7 Å². The average molecular weight is 1930 g/mol. The van der Waals surface area contributed by atoms with E-state index in [9.17, 15) is 52.7 Å². The molecule has 11 N–H and O–H groups in total. The number of aromatic nitrogens is 12. The minimum Gasteiger partial charge on any atom is -0.385 e. The highest BCUT2D eigenvalue weighted by atomic mass is 19.4. The number of fused-ring (bicyclic) bond motifs is 4. The Hall–Kier alpha value is -16.6. The van der Waals surface area contributed by atoms with E-state index in [2.05, 4.69) is 160 Å². The molecule has 24 nitrogen and oxygen atoms in total. The normalized spacial score (nSPS) is 11.8. The van der Waals surface area contributed by atoms with Crippen LogP contribution in [0.4, 0.5) is 145 Å². The summed E-state index contributed by atoms with van der Waals surface area (Å²) in [5, 5.41) is 38.3. The van der Waals surface area contributed by atoms with E-state index in [0.717, 1.165) is 151 Å². The van der Waals surface area contributed by atoms with Crippen molar-refractivity contribution in [3.63, 3.8) is 0 Å². The number of benzene rings is 8. The number of nitrogens with zero attached hydrogens (tertiary/aromatic N) is 13. The number of halogens is 12. The number of anilines is 16. The summed E-state index contributed by atoms with van der Waals surface area (Å²) in [6.45, 7) is 22.3. The maximum atomic E-state index is 12.9. The quantitative estimate of drug-likeness (QED) is 0.0194. The third kappa shape index (κ3) is 29.5. The molecule has 726 valence electrons. The lowest BCUT2D eigenvalue weighted by molar-refractivity contribution is -0.138. The molecule has 141 heavy (non-hydrogen) atoms. The molecule has 0 saturated heterocycles. The van der Waals surface area contributed by atoms with Gasteiger partial charge in [-0.3, -0.25) is 19.9 Å². The molecule has 0 aliphatic carbocycles. The fourth-order valence-electron chi connectivity index (χ4n) is 14.0. The SMILES string of the molecule is Cc1nc(N/C=C/c2ccc(Nc3cccc(C(F)(F)F)c3)cn2)nc2c(N(C)C)cccc12.Cc1nc(N/C=C/c2ccc(Nc3cccc(C(F)(F)F)c3)cn2)nc2c(NC(C)C)cccc12.Cc1nc(N/C=C/c2ccc(Nc3cccc(C(F)(F)F)c3)cn2)nc2c(NCC(C)C)cccc12.Cc1nc(N/C=C/c2ccc(Nc3cccc(C(F)(F)F)c3)cn2)nc2cc(NCC(C)C)ccc12. The third-order valence-electron chi connectivity index (χ3n) is 20.9. The highest BCUT2D eigenvalue weighted by Crippen LogP contribution is 2.38. The Morgan fingerprint density at radius 3 is 0.936 bits per heavy atom. The van der Waals surface area contributed by atoms with Crippen LogP contribution >= 0.6 is 0 Å². The zero-order valence-corrected chi connectivity index (χ0v) is 78.7. The molecule has 0 spiro atoms. The second-order valence-corrected chi connectivity index (χ2v) is 33.7. The van der Waals surface area contributed by atoms with Crippen molar-refractivity contribution in [1.82, 2.24) is 59.8 Å². The van der Waals surface area contributed by atoms with E-state index < -0.39 is 47.0 Å². The maximum Gasteiger partial charge on any atom is 0.416 e. The monoisotopic (exact) mass is 1930 g/mol. The predicted octanol–water partition coefficient (Wildman–Crippen LogP) is 27.7. The van der Waals surface area contributed by atoms with E-state index >= 15 is 0 Å². The molecular weight excluding hydrogens is 1830 g/mol. The van der Waals surface area contributed by atoms with E-state index in [-0.39, 0.29) is 6.04 Å². The highest BCUT2D eigenvalue weighted by Gasteiger charge is 2.34. The van der Waals surface area contributed by atoms with E-state index in [4.69, 9.17) is 0 Å². The Kier molecular flexibility index (Phi) is 33.3. The molecule has 0 bridgehead atoms. The molecule has 0 aliphatic rings. The second-order valence-electron chi connectivity index (χ2n) is 33.7. The summed E-state index contributed by atoms with van der Waals surface area (Å²) >= 11 is 0. The molecule has 8 aromatic heterocycles. The van der Waals surface area contributed by atoms with Crippen molar-refractivity contribution in [3.05, 3.63) is 336 Å². The van der Waals surface area contributed by atoms with Crippen LogP contribution in [0.15, 0.2) is 268 Å². The summed E-state index contributed by atoms with van der Waals surface area (Å²) in [5.41, 5.74) is 14.2. The van der Waals surface area contributed by atoms with Crippen molar-refractivity contribution >= 4 is 160 Å². The molecule has 0 radical (unpaired) electrons. The molecule has 0 atom stereocenters. The first kappa shape index (κ1) is 102. The summed E-state index contributed by atoms with van der Waals surface area (Å²) in [4.78, 5) is 56.0. The zero-order valence-electron chi connectivity index (χ0n) is 78.7. The topological polar surface area (TPSA) is 290 Å². The number of aryl methyl sites for hydroxylation is 4. The maximum absolute atomic E-state index is 12.9. The summed E-state index contributed by atoms with van der Waals surface area (Å²) in [5.74, 6) is 2.92. The van der Waals surface area contributed by atoms with Crippen LogP contribution in [0.3, 0.4) is 0 Å². The van der Waals surface area contributed by atoms with Gasteiger partial charge in [-0.15, -0.1) is 0 Å². The Balaban J connectivity index is 0.000000158. The summed E-state index contributed by atoms with van der Waals surface area (Å²) < 4.78 is 155. The molecule has 0 saturated carbocycles. The largest absolute Gasteiger partial charge is 0.416 e. The van der Waals surface area contributed by atoms with Crippen molar-refractivity contribution in [1.29, 1.82) is 0 Å². The zero-order chi connectivity index (χ0) is 101. The molecule has 16 aromatic rings. The van der Waals surface area contributed by atoms with Crippen LogP contribution in [-0.2, 0) is 24.7 Å². The number of alkyl halides is 12. The Morgan fingerprint density at radius 1 is 0.298 bits per heavy atom. The summed E-state index contributed by atoms with van der Waals surface area (Å²) in [6.07, 6.45) is 2.50. The van der Waals surface area contributed by atoms with Crippen molar-refractivity contribution < 1.29 is 52.7 Å². The molecule has 0 unspecified atom stereocenters. The van der Waals surface area contributed by atoms with Gasteiger partial charge in [0.1, 0.15) is 0 Å². The van der Waals surface area contributed by atoms with Gasteiger partial charge in [0.25, 0.3) is 0 Å². The number of pyridine rings is 4. The number of para-hydroxylation sites is 3. The van der Waals surface area contributed by atoms with Crippen LogP contribution < -0.4 is 63.4 Å². The molecule has 8 aromatic carbocycles. The fraction of sp³-hybridized carbons (Fsp3) is 0.200. The van der Waals surface area contributed by atoms with E-state index in [1.54, 1.807) is 147 Å². The molecule has 0 fully saturated rings. The predicted molar refractivity (Wildman–Crippen MR) is 543 cm³/mol. The first-order valence-corrected chi connectivity index (χ1v) is 44.6. The number of hydrogen-bond acceptors (Lipinski definition) is 24. The molecule has 16 rings (SSSR count). The van der Waals surface area contributed by atoms with Gasteiger partial charge in [0.15, 0.2) is 0 Å². The standard InChI is InChI=1S/2C27H27F3N6.C26H25F3N6.C25H23F3N6/c1-17(2)15-33-24-9-5-8-23-18(3)34-26(36-25(23)24)31-13-12-20-10-11-22(16-32-20)35-21-7-4-6-19(14-21)27(28,29)30;1-17(2)15-32-21-9-10-24-18(3)34-26(36-25(24)14-21)31-12-11-20-7-8-23(16-33-20)35-22-6-4-5-19(13-22)27(28,29)30;1-16(2)32-23-9-5-8-22-17(3)33-25(35-24(22)23)30-13-12-19-10-11-21(15-31-19)34-20-7-4-6-18(14-20)26(27,28)29;1-16-21-8-5-9-22(34(2)3)23(21)33-24(31-16)29-13-12-18-10-11-20(15-30-18)32-19-7-4-6-17(14-19)25(26,27)28/h4-14,16-17,33,35H,15H2,1-3H3,(H,31,34,36);4-14,16-17,32,35H,15H2,1-3H3,(H,31,34,36);4-16,32,34H,1-3H3,(H,30,33,35);4-15,32H,1-3H3,(H,29,31,33)/b13-12+;12-11+;2*13-12+. The van der Waals surface area contributed by atoms with Crippen LogP contribution in [0.25, 0.3) is 67.9 Å². The Bertz CT molecular complexity index is 7090. The smallest absolute Gasteiger partial charge is 0.385 e. The lowest BCUT2D eigenvalue weighted by Crippen LogP contribution is -2.11. The number of hydrogen-bond donors (Lipinski definition) is 11.